The van der Waals surface area contributed by atoms with Crippen molar-refractivity contribution < 1.29 is 23.8 Å². The van der Waals surface area contributed by atoms with Gasteiger partial charge in [0, 0.05) is 30.8 Å². The van der Waals surface area contributed by atoms with Crippen molar-refractivity contribution in [1.82, 2.24) is 10.2 Å². The average Bonchev–Trinajstić information content (AvgIpc) is 2.90. The van der Waals surface area contributed by atoms with E-state index in [1.165, 1.54) is 0 Å². The van der Waals surface area contributed by atoms with E-state index in [-0.39, 0.29) is 17.9 Å². The molecular formula is C29H34N2O5. The lowest BCUT2D eigenvalue weighted by atomic mass is 10.1. The van der Waals surface area contributed by atoms with E-state index >= 15 is 0 Å². The molecule has 190 valence electrons. The number of rotatable bonds is 12. The maximum atomic E-state index is 12.8. The van der Waals surface area contributed by atoms with Gasteiger partial charge in [0.15, 0.2) is 11.5 Å². The van der Waals surface area contributed by atoms with Gasteiger partial charge in [-0.05, 0) is 68.8 Å². The van der Waals surface area contributed by atoms with Crippen LogP contribution in [0.5, 0.6) is 17.2 Å². The maximum absolute atomic E-state index is 12.8. The van der Waals surface area contributed by atoms with Gasteiger partial charge in [-0.2, -0.15) is 0 Å². The first-order valence-electron chi connectivity index (χ1n) is 12.1. The summed E-state index contributed by atoms with van der Waals surface area (Å²) in [7, 11) is 1.78. The molecule has 0 aliphatic carbocycles. The van der Waals surface area contributed by atoms with Gasteiger partial charge in [0.25, 0.3) is 11.8 Å². The van der Waals surface area contributed by atoms with Gasteiger partial charge in [0.05, 0.1) is 6.61 Å². The van der Waals surface area contributed by atoms with E-state index in [1.807, 2.05) is 63.2 Å². The number of benzene rings is 3. The Morgan fingerprint density at radius 1 is 0.833 bits per heavy atom. The van der Waals surface area contributed by atoms with Crippen LogP contribution in [0.3, 0.4) is 0 Å². The lowest BCUT2D eigenvalue weighted by Crippen LogP contribution is -2.32. The van der Waals surface area contributed by atoms with Gasteiger partial charge in [-0.25, -0.2) is 0 Å². The molecule has 3 aromatic carbocycles. The van der Waals surface area contributed by atoms with E-state index < -0.39 is 0 Å². The summed E-state index contributed by atoms with van der Waals surface area (Å²) in [5.74, 6) is 1.58. The number of ether oxygens (including phenoxy) is 3. The standard InChI is InChI=1S/C29H34N2O5/c1-5-34-27-19-24(15-16-26(27)36-18-17-35-25-9-7-6-8-10-25)28(32)30-20-22-11-13-23(14-12-22)29(33)31(4)21(2)3/h6-16,19,21H,5,17-18,20H2,1-4H3,(H,30,32). The SMILES string of the molecule is CCOc1cc(C(=O)NCc2ccc(C(=O)N(C)C(C)C)cc2)ccc1OCCOc1ccccc1. The van der Waals surface area contributed by atoms with Gasteiger partial charge in [0.1, 0.15) is 19.0 Å². The third-order valence-electron chi connectivity index (χ3n) is 5.61. The Bertz CT molecular complexity index is 1130. The van der Waals surface area contributed by atoms with Gasteiger partial charge in [-0.15, -0.1) is 0 Å². The van der Waals surface area contributed by atoms with E-state index in [1.54, 1.807) is 42.3 Å². The molecule has 0 bridgehead atoms. The fourth-order valence-electron chi connectivity index (χ4n) is 3.35. The number of nitrogens with zero attached hydrogens (tertiary/aromatic N) is 1. The Balaban J connectivity index is 1.55. The monoisotopic (exact) mass is 490 g/mol. The molecular weight excluding hydrogens is 456 g/mol. The van der Waals surface area contributed by atoms with Crippen LogP contribution >= 0.6 is 0 Å². The van der Waals surface area contributed by atoms with Crippen LogP contribution in [0.2, 0.25) is 0 Å². The molecule has 36 heavy (non-hydrogen) atoms. The van der Waals surface area contributed by atoms with E-state index in [9.17, 15) is 9.59 Å². The quantitative estimate of drug-likeness (QED) is 0.364. The molecule has 0 aliphatic rings. The number of nitrogens with one attached hydrogen (secondary N) is 1. The third-order valence-corrected chi connectivity index (χ3v) is 5.61. The predicted octanol–water partition coefficient (Wildman–Crippen LogP) is 4.95. The molecule has 0 saturated heterocycles. The number of para-hydroxylation sites is 1. The average molecular weight is 491 g/mol. The number of carbonyl (C=O) groups excluding carboxylic acids is 2. The molecule has 0 aromatic heterocycles. The molecule has 7 nitrogen and oxygen atoms in total. The van der Waals surface area contributed by atoms with Gasteiger partial charge in [0.2, 0.25) is 0 Å². The number of hydrogen-bond acceptors (Lipinski definition) is 5. The zero-order valence-electron chi connectivity index (χ0n) is 21.3. The fraction of sp³-hybridized carbons (Fsp3) is 0.310. The lowest BCUT2D eigenvalue weighted by molar-refractivity contribution is 0.0754. The summed E-state index contributed by atoms with van der Waals surface area (Å²) in [5.41, 5.74) is 1.99. The van der Waals surface area contributed by atoms with Crippen molar-refractivity contribution in [3.63, 3.8) is 0 Å². The molecule has 0 aliphatic heterocycles. The number of hydrogen-bond donors (Lipinski definition) is 1. The predicted molar refractivity (Wildman–Crippen MR) is 140 cm³/mol. The largest absolute Gasteiger partial charge is 0.490 e. The van der Waals surface area contributed by atoms with Crippen molar-refractivity contribution in [2.24, 2.45) is 0 Å². The van der Waals surface area contributed by atoms with Crippen LogP contribution in [0.25, 0.3) is 0 Å². The number of amides is 2. The zero-order valence-corrected chi connectivity index (χ0v) is 21.3. The van der Waals surface area contributed by atoms with Crippen molar-refractivity contribution in [2.75, 3.05) is 26.9 Å². The number of carbonyl (C=O) groups is 2. The summed E-state index contributed by atoms with van der Waals surface area (Å²) in [6, 6.07) is 22.0. The summed E-state index contributed by atoms with van der Waals surface area (Å²) in [5, 5.41) is 2.91. The van der Waals surface area contributed by atoms with Crippen molar-refractivity contribution in [1.29, 1.82) is 0 Å². The Morgan fingerprint density at radius 2 is 1.50 bits per heavy atom. The zero-order chi connectivity index (χ0) is 25.9. The molecule has 0 heterocycles. The van der Waals surface area contributed by atoms with Crippen molar-refractivity contribution in [2.45, 2.75) is 33.4 Å². The van der Waals surface area contributed by atoms with E-state index in [2.05, 4.69) is 5.32 Å². The van der Waals surface area contributed by atoms with E-state index in [0.29, 0.717) is 49.0 Å². The van der Waals surface area contributed by atoms with E-state index in [4.69, 9.17) is 14.2 Å². The normalized spacial score (nSPS) is 10.6. The van der Waals surface area contributed by atoms with Gasteiger partial charge in [-0.1, -0.05) is 30.3 Å². The molecule has 0 radical (unpaired) electrons. The van der Waals surface area contributed by atoms with Crippen LogP contribution < -0.4 is 19.5 Å². The highest BCUT2D eigenvalue weighted by Crippen LogP contribution is 2.28. The van der Waals surface area contributed by atoms with Crippen LogP contribution in [0.1, 0.15) is 47.1 Å². The summed E-state index contributed by atoms with van der Waals surface area (Å²) in [4.78, 5) is 26.9. The van der Waals surface area contributed by atoms with Gasteiger partial charge in [-0.3, -0.25) is 9.59 Å². The summed E-state index contributed by atoms with van der Waals surface area (Å²) in [6.07, 6.45) is 0. The molecule has 0 spiro atoms. The smallest absolute Gasteiger partial charge is 0.253 e. The Morgan fingerprint density at radius 3 is 2.17 bits per heavy atom. The summed E-state index contributed by atoms with van der Waals surface area (Å²) < 4.78 is 17.2. The maximum Gasteiger partial charge on any atom is 0.253 e. The van der Waals surface area contributed by atoms with E-state index in [0.717, 1.165) is 11.3 Å². The summed E-state index contributed by atoms with van der Waals surface area (Å²) in [6.45, 7) is 7.32. The molecule has 7 heteroatoms. The van der Waals surface area contributed by atoms with Gasteiger partial charge >= 0.3 is 0 Å². The minimum absolute atomic E-state index is 0.0297. The highest BCUT2D eigenvalue weighted by molar-refractivity contribution is 5.95. The highest BCUT2D eigenvalue weighted by atomic mass is 16.5. The minimum atomic E-state index is -0.227. The first-order valence-corrected chi connectivity index (χ1v) is 12.1. The first-order chi connectivity index (χ1) is 17.4. The summed E-state index contributed by atoms with van der Waals surface area (Å²) >= 11 is 0. The molecule has 0 unspecified atom stereocenters. The second-order valence-electron chi connectivity index (χ2n) is 8.49. The Hall–Kier alpha value is -4.00. The van der Waals surface area contributed by atoms with Crippen LogP contribution in [0, 0.1) is 0 Å². The second kappa shape index (κ2) is 13.2. The first kappa shape index (κ1) is 26.6. The van der Waals surface area contributed by atoms with Crippen LogP contribution in [0.15, 0.2) is 72.8 Å². The van der Waals surface area contributed by atoms with Gasteiger partial charge < -0.3 is 24.4 Å². The third kappa shape index (κ3) is 7.50. The van der Waals surface area contributed by atoms with Crippen molar-refractivity contribution in [3.8, 4) is 17.2 Å². The van der Waals surface area contributed by atoms with Crippen molar-refractivity contribution in [3.05, 3.63) is 89.5 Å². The topological polar surface area (TPSA) is 77.1 Å². The molecule has 3 rings (SSSR count). The molecule has 2 amide bonds. The molecule has 0 atom stereocenters. The molecule has 1 N–H and O–H groups in total. The molecule has 0 saturated carbocycles. The lowest BCUT2D eigenvalue weighted by Gasteiger charge is -2.21. The molecule has 0 fully saturated rings. The van der Waals surface area contributed by atoms with Crippen LogP contribution in [-0.2, 0) is 6.54 Å². The van der Waals surface area contributed by atoms with Crippen LogP contribution in [0.4, 0.5) is 0 Å². The fourth-order valence-corrected chi connectivity index (χ4v) is 3.35. The van der Waals surface area contributed by atoms with Crippen molar-refractivity contribution >= 4 is 11.8 Å². The second-order valence-corrected chi connectivity index (χ2v) is 8.49. The van der Waals surface area contributed by atoms with Crippen LogP contribution in [-0.4, -0.2) is 49.6 Å². The highest BCUT2D eigenvalue weighted by Gasteiger charge is 2.15. The minimum Gasteiger partial charge on any atom is -0.490 e. The molecule has 3 aromatic rings. The Labute approximate surface area is 213 Å². The Kier molecular flexibility index (Phi) is 9.74.